The monoisotopic (exact) mass is 1030 g/mol. The molecule has 74 heavy (non-hydrogen) atoms. The summed E-state index contributed by atoms with van der Waals surface area (Å²) in [4.78, 5) is 46.7. The quantitative estimate of drug-likeness (QED) is 0.0237. The lowest BCUT2D eigenvalue weighted by molar-refractivity contribution is -0.384. The van der Waals surface area contributed by atoms with E-state index >= 15 is 0 Å². The van der Waals surface area contributed by atoms with Crippen LogP contribution in [-0.2, 0) is 20.9 Å². The van der Waals surface area contributed by atoms with Crippen LogP contribution in [0.3, 0.4) is 0 Å². The Morgan fingerprint density at radius 2 is 1.58 bits per heavy atom. The van der Waals surface area contributed by atoms with Crippen molar-refractivity contribution in [1.82, 2.24) is 4.90 Å². The minimum atomic E-state index is -1.53. The average molecular weight is 1030 g/mol. The lowest BCUT2D eigenvalue weighted by Gasteiger charge is -2.59. The molecule has 3 aromatic rings. The Balaban J connectivity index is 1.40. The smallest absolute Gasteiger partial charge is 0.417 e. The summed E-state index contributed by atoms with van der Waals surface area (Å²) < 4.78 is 37.1. The third-order valence-electron chi connectivity index (χ3n) is 14.5. The number of nitro benzene ring substituents is 1. The van der Waals surface area contributed by atoms with Crippen LogP contribution < -0.4 is 24.3 Å². The summed E-state index contributed by atoms with van der Waals surface area (Å²) in [5.74, 6) is -1.05. The Morgan fingerprint density at radius 3 is 2.24 bits per heavy atom. The highest BCUT2D eigenvalue weighted by molar-refractivity contribution is 6.03. The van der Waals surface area contributed by atoms with Gasteiger partial charge in [-0.1, -0.05) is 94.9 Å². The maximum absolute atomic E-state index is 14.4. The zero-order valence-corrected chi connectivity index (χ0v) is 43.8. The van der Waals surface area contributed by atoms with Crippen LogP contribution in [0.2, 0.25) is 0 Å². The third-order valence-corrected chi connectivity index (χ3v) is 14.5. The van der Waals surface area contributed by atoms with Gasteiger partial charge in [0, 0.05) is 56.4 Å². The van der Waals surface area contributed by atoms with Crippen molar-refractivity contribution in [1.29, 1.82) is 0 Å². The molecule has 2 amide bonds. The number of rotatable bonds is 31. The zero-order valence-electron chi connectivity index (χ0n) is 43.8. The Bertz CT molecular complexity index is 2360. The highest BCUT2D eigenvalue weighted by atomic mass is 16.7. The number of carbonyl (C=O) groups is 2. The zero-order chi connectivity index (χ0) is 52.9. The summed E-state index contributed by atoms with van der Waals surface area (Å²) in [6, 6.07) is 15.5. The number of nitrogens with zero attached hydrogens (tertiary/aromatic N) is 3. The lowest BCUT2D eigenvalue weighted by Crippen LogP contribution is -2.69. The van der Waals surface area contributed by atoms with Crippen LogP contribution in [0.25, 0.3) is 0 Å². The van der Waals surface area contributed by atoms with Crippen LogP contribution in [0, 0.1) is 27.9 Å². The molecule has 0 radical (unpaired) electrons. The lowest BCUT2D eigenvalue weighted by atomic mass is 9.55. The van der Waals surface area contributed by atoms with Gasteiger partial charge in [0.15, 0.2) is 0 Å². The number of non-ortho nitro benzene ring substituents is 1. The molecule has 6 atom stereocenters. The van der Waals surface area contributed by atoms with Gasteiger partial charge in [-0.3, -0.25) is 15.4 Å². The highest BCUT2D eigenvalue weighted by Crippen LogP contribution is 2.62. The molecule has 17 nitrogen and oxygen atoms in total. The number of likely N-dealkylation sites (N-methyl/N-ethyl adjacent to an activating group) is 1. The molecule has 0 spiro atoms. The number of aliphatic hydroxyl groups excluding tert-OH is 2. The molecular formula is C57H78N4O13. The Hall–Kier alpha value is -6.17. The number of methoxy groups -OCH3 is 2. The molecule has 2 aliphatic carbocycles. The van der Waals surface area contributed by atoms with Crippen LogP contribution >= 0.6 is 0 Å². The van der Waals surface area contributed by atoms with Gasteiger partial charge >= 0.3 is 12.2 Å². The maximum Gasteiger partial charge on any atom is 0.417 e. The van der Waals surface area contributed by atoms with Crippen molar-refractivity contribution in [3.63, 3.8) is 0 Å². The van der Waals surface area contributed by atoms with Gasteiger partial charge < -0.3 is 48.4 Å². The molecule has 1 aliphatic heterocycles. The van der Waals surface area contributed by atoms with Gasteiger partial charge in [-0.25, -0.2) is 9.59 Å². The molecule has 0 bridgehead atoms. The van der Waals surface area contributed by atoms with Gasteiger partial charge in [-0.05, 0) is 97.5 Å². The second-order valence-corrected chi connectivity index (χ2v) is 19.5. The third kappa shape index (κ3) is 14.8. The van der Waals surface area contributed by atoms with E-state index in [4.69, 9.17) is 38.4 Å². The van der Waals surface area contributed by atoms with Gasteiger partial charge in [0.2, 0.25) is 5.79 Å². The van der Waals surface area contributed by atoms with Crippen molar-refractivity contribution in [2.75, 3.05) is 53.0 Å². The number of anilines is 1. The van der Waals surface area contributed by atoms with Crippen LogP contribution in [0.15, 0.2) is 90.1 Å². The van der Waals surface area contributed by atoms with E-state index in [1.807, 2.05) is 6.07 Å². The minimum Gasteiger partial charge on any atom is -0.497 e. The molecule has 3 aliphatic rings. The fourth-order valence-electron chi connectivity index (χ4n) is 10.8. The first-order valence-corrected chi connectivity index (χ1v) is 26.6. The van der Waals surface area contributed by atoms with E-state index in [0.717, 1.165) is 49.7 Å². The summed E-state index contributed by atoms with van der Waals surface area (Å²) in [5.41, 5.74) is 3.12. The first kappa shape index (κ1) is 57.1. The molecule has 3 N–H and O–H groups in total. The standard InChI is InChI=1S/C57H78N4O13/c1-6-8-9-10-11-12-13-14-15-20-34-70-56(65)60(3)52-38-49(59-72-39-40-23-25-42(26-24-40)61(66)67)46-35-41(21-16-18-31-62)45(22-17-19-32-63)53-47-36-44(28-30-50(47)74-57(52,54(46)53)71-33-7-2)73-55(64)58-48-29-27-43(68-4)37-51(48)69-5/h7,23-30,35-37,41,45,52-54,62-63H,2,6,8-22,31-34,38-39H2,1,3-5H3,(H,58,64)/t41-,45+,52-,53+,54+,57+/m0/s1. The van der Waals surface area contributed by atoms with E-state index in [0.29, 0.717) is 59.9 Å². The first-order chi connectivity index (χ1) is 36.0. The molecule has 17 heteroatoms. The molecule has 3 aromatic carbocycles. The molecule has 1 heterocycles. The summed E-state index contributed by atoms with van der Waals surface area (Å²) >= 11 is 0. The summed E-state index contributed by atoms with van der Waals surface area (Å²) in [6.07, 6.45) is 18.2. The number of allylic oxidation sites excluding steroid dienone is 1. The van der Waals surface area contributed by atoms with Crippen molar-refractivity contribution in [3.05, 3.63) is 106 Å². The van der Waals surface area contributed by atoms with E-state index in [1.165, 1.54) is 64.9 Å². The normalized spacial score (nSPS) is 21.0. The van der Waals surface area contributed by atoms with E-state index in [2.05, 4.69) is 24.9 Å². The fourth-order valence-corrected chi connectivity index (χ4v) is 10.8. The number of nitro groups is 1. The largest absolute Gasteiger partial charge is 0.497 e. The number of benzene rings is 3. The molecule has 1 fully saturated rings. The molecule has 0 aromatic heterocycles. The minimum absolute atomic E-state index is 0.0105. The van der Waals surface area contributed by atoms with Crippen LogP contribution in [0.5, 0.6) is 23.0 Å². The number of unbranched alkanes of at least 4 members (excludes halogenated alkanes) is 11. The maximum atomic E-state index is 14.4. The average Bonchev–Trinajstić information content (AvgIpc) is 3.40. The number of hydrogen-bond donors (Lipinski definition) is 3. The fraction of sp³-hybridized carbons (Fsp3) is 0.561. The van der Waals surface area contributed by atoms with Crippen molar-refractivity contribution in [2.45, 2.75) is 140 Å². The predicted molar refractivity (Wildman–Crippen MR) is 283 cm³/mol. The van der Waals surface area contributed by atoms with E-state index in [1.54, 1.807) is 60.5 Å². The van der Waals surface area contributed by atoms with E-state index in [9.17, 15) is 29.9 Å². The van der Waals surface area contributed by atoms with Crippen molar-refractivity contribution < 1.29 is 58.0 Å². The Labute approximate surface area is 436 Å². The number of oxime groups is 1. The van der Waals surface area contributed by atoms with Crippen LogP contribution in [0.1, 0.15) is 133 Å². The van der Waals surface area contributed by atoms with Gasteiger partial charge in [0.1, 0.15) is 35.6 Å². The number of aliphatic hydroxyl groups is 2. The number of amides is 2. The van der Waals surface area contributed by atoms with Gasteiger partial charge in [0.25, 0.3) is 5.69 Å². The second-order valence-electron chi connectivity index (χ2n) is 19.5. The Morgan fingerprint density at radius 1 is 0.892 bits per heavy atom. The summed E-state index contributed by atoms with van der Waals surface area (Å²) in [7, 11) is 4.72. The van der Waals surface area contributed by atoms with Crippen LogP contribution in [0.4, 0.5) is 21.0 Å². The molecule has 6 rings (SSSR count). The van der Waals surface area contributed by atoms with Crippen molar-refractivity contribution in [2.24, 2.45) is 22.9 Å². The Kier molecular flexibility index (Phi) is 22.4. The first-order valence-electron chi connectivity index (χ1n) is 26.6. The molecule has 0 unspecified atom stereocenters. The number of nitrogens with one attached hydrogen (secondary N) is 1. The summed E-state index contributed by atoms with van der Waals surface area (Å²) in [5, 5.41) is 39.0. The second kappa shape index (κ2) is 29.1. The molecule has 0 saturated heterocycles. The van der Waals surface area contributed by atoms with E-state index < -0.39 is 40.8 Å². The molecule has 1 saturated carbocycles. The van der Waals surface area contributed by atoms with Crippen molar-refractivity contribution >= 4 is 29.3 Å². The van der Waals surface area contributed by atoms with Gasteiger partial charge in [-0.15, -0.1) is 6.58 Å². The van der Waals surface area contributed by atoms with Gasteiger partial charge in [0.05, 0.1) is 49.7 Å². The van der Waals surface area contributed by atoms with Crippen LogP contribution in [-0.4, -0.2) is 97.5 Å². The number of fused-ring (bicyclic) bond motifs is 2. The number of hydrogen-bond acceptors (Lipinski definition) is 14. The topological polar surface area (TPSA) is 210 Å². The molecular weight excluding hydrogens is 949 g/mol. The summed E-state index contributed by atoms with van der Waals surface area (Å²) in [6.45, 7) is 6.62. The van der Waals surface area contributed by atoms with E-state index in [-0.39, 0.29) is 62.7 Å². The van der Waals surface area contributed by atoms with Gasteiger partial charge in [-0.2, -0.15) is 0 Å². The molecule has 404 valence electrons. The predicted octanol–water partition coefficient (Wildman–Crippen LogP) is 12.0. The SMILES string of the molecule is C=CCO[C@@]12Oc3ccc(OC(=O)Nc4ccc(OC)cc4OC)cc3[C@H]3[C@H](CCCCO)[C@@H](CCCCO)C=C(C(=NOCc4ccc([N+](=O)[O-])cc4)C[C@@H]1N(C)C(=O)OCCCCCCCCCCCC)[C@H]32. The van der Waals surface area contributed by atoms with Crippen molar-refractivity contribution in [3.8, 4) is 23.0 Å². The highest BCUT2D eigenvalue weighted by Gasteiger charge is 2.65. The number of ether oxygens (including phenoxy) is 6. The number of carbonyl (C=O) groups excluding carboxylic acids is 2.